The van der Waals surface area contributed by atoms with Crippen molar-refractivity contribution in [2.24, 2.45) is 0 Å². The lowest BCUT2D eigenvalue weighted by molar-refractivity contribution is -0.167. The fourth-order valence-electron chi connectivity index (χ4n) is 11.4. The molecule has 0 rings (SSSR count). The van der Waals surface area contributed by atoms with Gasteiger partial charge in [0.15, 0.2) is 6.10 Å². The molecule has 0 aromatic carbocycles. The third-order valence-corrected chi connectivity index (χ3v) is 16.9. The molecule has 6 nitrogen and oxygen atoms in total. The molecule has 0 aromatic rings. The van der Waals surface area contributed by atoms with Gasteiger partial charge in [-0.2, -0.15) is 0 Å². The topological polar surface area (TPSA) is 78.9 Å². The molecule has 6 heteroatoms. The molecule has 1 unspecified atom stereocenters. The maximum absolute atomic E-state index is 12.9. The molecular formula is C75H142O6. The second-order valence-electron chi connectivity index (χ2n) is 25.2. The summed E-state index contributed by atoms with van der Waals surface area (Å²) in [6, 6.07) is 0. The zero-order valence-electron chi connectivity index (χ0n) is 55.1. The maximum Gasteiger partial charge on any atom is 0.306 e. The maximum atomic E-state index is 12.9. The molecule has 0 aliphatic heterocycles. The van der Waals surface area contributed by atoms with E-state index in [9.17, 15) is 14.4 Å². The molecule has 0 aromatic heterocycles. The average Bonchev–Trinajstić information content (AvgIpc) is 3.47. The van der Waals surface area contributed by atoms with Gasteiger partial charge in [-0.05, 0) is 64.2 Å². The molecule has 0 aliphatic carbocycles. The highest BCUT2D eigenvalue weighted by Crippen LogP contribution is 2.19. The van der Waals surface area contributed by atoms with Crippen LogP contribution in [0.25, 0.3) is 0 Å². The first-order chi connectivity index (χ1) is 40.0. The summed E-state index contributed by atoms with van der Waals surface area (Å²) < 4.78 is 17.0. The van der Waals surface area contributed by atoms with Crippen LogP contribution in [0.3, 0.4) is 0 Å². The second kappa shape index (κ2) is 70.4. The Labute approximate surface area is 506 Å². The first-order valence-electron chi connectivity index (χ1n) is 36.8. The van der Waals surface area contributed by atoms with E-state index in [-0.39, 0.29) is 31.1 Å². The Kier molecular flexibility index (Phi) is 68.5. The molecule has 478 valence electrons. The third kappa shape index (κ3) is 68.6. The first-order valence-corrected chi connectivity index (χ1v) is 36.8. The van der Waals surface area contributed by atoms with Crippen molar-refractivity contribution in [2.75, 3.05) is 13.2 Å². The van der Waals surface area contributed by atoms with Crippen LogP contribution in [-0.2, 0) is 28.6 Å². The standard InChI is InChI=1S/C75H142O6/c1-4-7-10-13-16-19-22-24-26-28-30-32-34-35-36-37-38-39-41-42-44-46-48-50-53-56-59-62-65-68-74(77)80-71-72(70-79-73(76)67-64-61-58-55-52-21-18-15-12-9-6-3)81-75(78)69-66-63-60-57-54-51-49-47-45-43-40-33-31-29-27-25-23-20-17-14-11-8-5-2/h15,18,28,30,72H,4-14,16-17,19-27,29,31-71H2,1-3H3/b18-15-,30-28-. The summed E-state index contributed by atoms with van der Waals surface area (Å²) in [6.07, 6.45) is 86.6. The van der Waals surface area contributed by atoms with E-state index in [4.69, 9.17) is 14.2 Å². The quantitative estimate of drug-likeness (QED) is 0.0261. The molecule has 0 N–H and O–H groups in total. The number of esters is 3. The molecule has 0 saturated carbocycles. The smallest absolute Gasteiger partial charge is 0.306 e. The van der Waals surface area contributed by atoms with Crippen molar-refractivity contribution in [3.05, 3.63) is 24.3 Å². The summed E-state index contributed by atoms with van der Waals surface area (Å²) in [5.41, 5.74) is 0. The van der Waals surface area contributed by atoms with Gasteiger partial charge in [-0.1, -0.05) is 360 Å². The predicted octanol–water partition coefficient (Wildman–Crippen LogP) is 25.3. The fraction of sp³-hybridized carbons (Fsp3) is 0.907. The van der Waals surface area contributed by atoms with Gasteiger partial charge in [0.25, 0.3) is 0 Å². The molecule has 1 atom stereocenters. The van der Waals surface area contributed by atoms with Crippen LogP contribution in [0.5, 0.6) is 0 Å². The van der Waals surface area contributed by atoms with Gasteiger partial charge in [0.2, 0.25) is 0 Å². The molecule has 0 aliphatic rings. The summed E-state index contributed by atoms with van der Waals surface area (Å²) in [5, 5.41) is 0. The van der Waals surface area contributed by atoms with E-state index in [1.165, 1.54) is 315 Å². The van der Waals surface area contributed by atoms with Crippen molar-refractivity contribution >= 4 is 17.9 Å². The highest BCUT2D eigenvalue weighted by molar-refractivity contribution is 5.71. The van der Waals surface area contributed by atoms with E-state index in [0.717, 1.165) is 64.2 Å². The third-order valence-electron chi connectivity index (χ3n) is 16.9. The average molecular weight is 1140 g/mol. The van der Waals surface area contributed by atoms with Crippen molar-refractivity contribution in [3.63, 3.8) is 0 Å². The Morgan fingerprint density at radius 3 is 0.654 bits per heavy atom. The summed E-state index contributed by atoms with van der Waals surface area (Å²) in [6.45, 7) is 6.68. The Hall–Kier alpha value is -2.11. The van der Waals surface area contributed by atoms with Gasteiger partial charge < -0.3 is 14.2 Å². The normalized spacial score (nSPS) is 12.1. The Bertz CT molecular complexity index is 1310. The lowest BCUT2D eigenvalue weighted by atomic mass is 10.0. The van der Waals surface area contributed by atoms with Gasteiger partial charge in [-0.15, -0.1) is 0 Å². The second-order valence-corrected chi connectivity index (χ2v) is 25.2. The number of allylic oxidation sites excluding steroid dienone is 4. The van der Waals surface area contributed by atoms with Crippen LogP contribution in [-0.4, -0.2) is 37.2 Å². The molecule has 0 heterocycles. The molecular weight excluding hydrogens is 997 g/mol. The monoisotopic (exact) mass is 1140 g/mol. The summed E-state index contributed by atoms with van der Waals surface area (Å²) in [7, 11) is 0. The highest BCUT2D eigenvalue weighted by atomic mass is 16.6. The summed E-state index contributed by atoms with van der Waals surface area (Å²) in [5.74, 6) is -0.845. The van der Waals surface area contributed by atoms with Gasteiger partial charge in [0, 0.05) is 19.3 Å². The van der Waals surface area contributed by atoms with E-state index >= 15 is 0 Å². The zero-order valence-corrected chi connectivity index (χ0v) is 55.1. The zero-order chi connectivity index (χ0) is 58.5. The molecule has 0 saturated heterocycles. The van der Waals surface area contributed by atoms with Crippen LogP contribution in [0.1, 0.15) is 419 Å². The first kappa shape index (κ1) is 78.9. The lowest BCUT2D eigenvalue weighted by Crippen LogP contribution is -2.30. The number of hydrogen-bond acceptors (Lipinski definition) is 6. The van der Waals surface area contributed by atoms with Gasteiger partial charge in [0.05, 0.1) is 0 Å². The van der Waals surface area contributed by atoms with Crippen molar-refractivity contribution in [1.29, 1.82) is 0 Å². The van der Waals surface area contributed by atoms with E-state index < -0.39 is 6.10 Å². The lowest BCUT2D eigenvalue weighted by Gasteiger charge is -2.18. The molecule has 0 radical (unpaired) electrons. The Morgan fingerprint density at radius 1 is 0.235 bits per heavy atom. The Morgan fingerprint density at radius 2 is 0.420 bits per heavy atom. The molecule has 0 amide bonds. The highest BCUT2D eigenvalue weighted by Gasteiger charge is 2.20. The summed E-state index contributed by atoms with van der Waals surface area (Å²) >= 11 is 0. The van der Waals surface area contributed by atoms with Crippen LogP contribution in [0, 0.1) is 0 Å². The summed E-state index contributed by atoms with van der Waals surface area (Å²) in [4.78, 5) is 38.4. The number of ether oxygens (including phenoxy) is 3. The number of rotatable bonds is 69. The number of hydrogen-bond donors (Lipinski definition) is 0. The number of unbranched alkanes of at least 4 members (excludes halogenated alkanes) is 54. The van der Waals surface area contributed by atoms with Gasteiger partial charge >= 0.3 is 17.9 Å². The van der Waals surface area contributed by atoms with Crippen molar-refractivity contribution < 1.29 is 28.6 Å². The van der Waals surface area contributed by atoms with Crippen molar-refractivity contribution in [1.82, 2.24) is 0 Å². The minimum Gasteiger partial charge on any atom is -0.462 e. The number of carbonyl (C=O) groups excluding carboxylic acids is 3. The molecule has 81 heavy (non-hydrogen) atoms. The van der Waals surface area contributed by atoms with Crippen molar-refractivity contribution in [3.8, 4) is 0 Å². The minimum atomic E-state index is -0.771. The van der Waals surface area contributed by atoms with Crippen LogP contribution in [0.4, 0.5) is 0 Å². The van der Waals surface area contributed by atoms with E-state index in [1.807, 2.05) is 0 Å². The Balaban J connectivity index is 4.12. The van der Waals surface area contributed by atoms with Crippen LogP contribution < -0.4 is 0 Å². The van der Waals surface area contributed by atoms with E-state index in [2.05, 4.69) is 45.1 Å². The van der Waals surface area contributed by atoms with Gasteiger partial charge in [-0.25, -0.2) is 0 Å². The van der Waals surface area contributed by atoms with E-state index in [0.29, 0.717) is 19.3 Å². The number of carbonyl (C=O) groups is 3. The van der Waals surface area contributed by atoms with Crippen LogP contribution >= 0.6 is 0 Å². The fourth-order valence-corrected chi connectivity index (χ4v) is 11.4. The SMILES string of the molecule is CCCC/C=C\CCCCCCCC(=O)OCC(COC(=O)CCCCCCCCCCCCCCCCCCC/C=C\CCCCCCCCCC)OC(=O)CCCCCCCCCCCCCCCCCCCCCCCCC. The van der Waals surface area contributed by atoms with E-state index in [1.54, 1.807) is 0 Å². The van der Waals surface area contributed by atoms with Gasteiger partial charge in [0.1, 0.15) is 13.2 Å². The van der Waals surface area contributed by atoms with Crippen LogP contribution in [0.15, 0.2) is 24.3 Å². The molecule has 0 spiro atoms. The van der Waals surface area contributed by atoms with Crippen molar-refractivity contribution in [2.45, 2.75) is 425 Å². The minimum absolute atomic E-state index is 0.0676. The largest absolute Gasteiger partial charge is 0.462 e. The predicted molar refractivity (Wildman–Crippen MR) is 353 cm³/mol. The van der Waals surface area contributed by atoms with Crippen LogP contribution in [0.2, 0.25) is 0 Å². The molecule has 0 bridgehead atoms. The van der Waals surface area contributed by atoms with Gasteiger partial charge in [-0.3, -0.25) is 14.4 Å². The molecule has 0 fully saturated rings.